The number of nitrogen functional groups attached to an aromatic ring is 1. The number of imidazole rings is 1. The molecule has 0 fully saturated rings. The molecule has 0 radical (unpaired) electrons. The number of hydrogen-bond donors (Lipinski definition) is 1. The van der Waals surface area contributed by atoms with Gasteiger partial charge in [-0.25, -0.2) is 4.98 Å². The Labute approximate surface area is 106 Å². The zero-order valence-corrected chi connectivity index (χ0v) is 10.8. The summed E-state index contributed by atoms with van der Waals surface area (Å²) in [6.45, 7) is 2.98. The topological polar surface area (TPSA) is 85.8 Å². The first kappa shape index (κ1) is 12.3. The summed E-state index contributed by atoms with van der Waals surface area (Å²) in [4.78, 5) is 18.6. The average Bonchev–Trinajstić information content (AvgIpc) is 2.77. The van der Waals surface area contributed by atoms with Crippen molar-refractivity contribution in [1.29, 1.82) is 0 Å². The van der Waals surface area contributed by atoms with E-state index >= 15 is 0 Å². The molecule has 0 aliphatic rings. The van der Waals surface area contributed by atoms with E-state index in [1.165, 1.54) is 0 Å². The normalized spacial score (nSPS) is 10.6. The molecular weight excluding hydrogens is 230 g/mol. The van der Waals surface area contributed by atoms with Crippen LogP contribution in [-0.2, 0) is 6.54 Å². The van der Waals surface area contributed by atoms with Gasteiger partial charge in [-0.3, -0.25) is 0 Å². The Bertz CT molecular complexity index is 532. The Kier molecular flexibility index (Phi) is 3.40. The third kappa shape index (κ3) is 2.39. The maximum Gasteiger partial charge on any atom is 0.230 e. The fraction of sp³-hybridized carbons (Fsp3) is 0.455. The highest BCUT2D eigenvalue weighted by atomic mass is 15.3. The second kappa shape index (κ2) is 4.99. The molecule has 2 aromatic rings. The van der Waals surface area contributed by atoms with Crippen molar-refractivity contribution in [3.05, 3.63) is 12.4 Å². The molecule has 0 aliphatic heterocycles. The van der Waals surface area contributed by atoms with Crippen molar-refractivity contribution in [1.82, 2.24) is 24.5 Å². The Hall–Kier alpha value is -2.18. The van der Waals surface area contributed by atoms with E-state index in [-0.39, 0.29) is 5.95 Å². The lowest BCUT2D eigenvalue weighted by molar-refractivity contribution is 0.681. The number of nitrogens with two attached hydrogens (primary N) is 1. The minimum absolute atomic E-state index is 0.203. The molecule has 0 spiro atoms. The van der Waals surface area contributed by atoms with Crippen molar-refractivity contribution in [3.63, 3.8) is 0 Å². The Morgan fingerprint density at radius 3 is 2.72 bits per heavy atom. The van der Waals surface area contributed by atoms with E-state index in [0.717, 1.165) is 13.0 Å². The first-order valence-electron chi connectivity index (χ1n) is 5.82. The summed E-state index contributed by atoms with van der Waals surface area (Å²) in [7, 11) is 3.72. The summed E-state index contributed by atoms with van der Waals surface area (Å²) in [6, 6.07) is 0. The zero-order valence-electron chi connectivity index (χ0n) is 10.8. The van der Waals surface area contributed by atoms with Crippen LogP contribution in [0.4, 0.5) is 11.9 Å². The molecular formula is C11H17N7. The van der Waals surface area contributed by atoms with Crippen LogP contribution in [0, 0.1) is 0 Å². The van der Waals surface area contributed by atoms with E-state index in [0.29, 0.717) is 17.6 Å². The number of hydrogen-bond acceptors (Lipinski definition) is 6. The van der Waals surface area contributed by atoms with Gasteiger partial charge in [0.05, 0.1) is 0 Å². The third-order valence-electron chi connectivity index (χ3n) is 2.42. The minimum atomic E-state index is 0.203. The standard InChI is InChI=1S/C11H17N7/c1-4-6-18-7-5-13-9(18)8-14-10(12)16-11(15-8)17(2)3/h5,7H,4,6H2,1-3H3,(H2,12,14,15,16). The number of aryl methyl sites for hydroxylation is 1. The summed E-state index contributed by atoms with van der Waals surface area (Å²) in [6.07, 6.45) is 4.67. The van der Waals surface area contributed by atoms with Gasteiger partial charge in [-0.1, -0.05) is 6.92 Å². The molecule has 0 atom stereocenters. The first-order valence-corrected chi connectivity index (χ1v) is 5.82. The molecule has 2 aromatic heterocycles. The average molecular weight is 247 g/mol. The number of anilines is 2. The first-order chi connectivity index (χ1) is 8.61. The second-order valence-electron chi connectivity index (χ2n) is 4.16. The summed E-state index contributed by atoms with van der Waals surface area (Å²) in [5.74, 6) is 1.96. The largest absolute Gasteiger partial charge is 0.368 e. The van der Waals surface area contributed by atoms with Gasteiger partial charge in [0.1, 0.15) is 0 Å². The molecule has 0 saturated carbocycles. The molecule has 2 heterocycles. The van der Waals surface area contributed by atoms with Gasteiger partial charge < -0.3 is 15.2 Å². The van der Waals surface area contributed by atoms with E-state index < -0.39 is 0 Å². The van der Waals surface area contributed by atoms with Crippen LogP contribution in [0.5, 0.6) is 0 Å². The van der Waals surface area contributed by atoms with Gasteiger partial charge >= 0.3 is 0 Å². The predicted molar refractivity (Wildman–Crippen MR) is 70.1 cm³/mol. The SMILES string of the molecule is CCCn1ccnc1-c1nc(N)nc(N(C)C)n1. The molecule has 2 N–H and O–H groups in total. The molecule has 96 valence electrons. The highest BCUT2D eigenvalue weighted by molar-refractivity contribution is 5.49. The van der Waals surface area contributed by atoms with Crippen LogP contribution in [0.1, 0.15) is 13.3 Å². The van der Waals surface area contributed by atoms with Gasteiger partial charge in [0.25, 0.3) is 0 Å². The fourth-order valence-electron chi connectivity index (χ4n) is 1.62. The highest BCUT2D eigenvalue weighted by Crippen LogP contribution is 2.16. The van der Waals surface area contributed by atoms with Crippen molar-refractivity contribution >= 4 is 11.9 Å². The van der Waals surface area contributed by atoms with Crippen molar-refractivity contribution in [2.75, 3.05) is 24.7 Å². The maximum absolute atomic E-state index is 5.70. The van der Waals surface area contributed by atoms with Gasteiger partial charge in [0.2, 0.25) is 17.7 Å². The molecule has 0 amide bonds. The van der Waals surface area contributed by atoms with Crippen LogP contribution in [-0.4, -0.2) is 38.6 Å². The van der Waals surface area contributed by atoms with Crippen LogP contribution in [0.2, 0.25) is 0 Å². The van der Waals surface area contributed by atoms with Gasteiger partial charge in [-0.15, -0.1) is 0 Å². The lowest BCUT2D eigenvalue weighted by Crippen LogP contribution is -2.16. The second-order valence-corrected chi connectivity index (χ2v) is 4.16. The Balaban J connectivity index is 2.46. The van der Waals surface area contributed by atoms with Crippen LogP contribution in [0.3, 0.4) is 0 Å². The van der Waals surface area contributed by atoms with Gasteiger partial charge in [-0.2, -0.15) is 15.0 Å². The van der Waals surface area contributed by atoms with E-state index in [1.54, 1.807) is 11.1 Å². The number of rotatable bonds is 4. The van der Waals surface area contributed by atoms with Crippen LogP contribution in [0.15, 0.2) is 12.4 Å². The van der Waals surface area contributed by atoms with Crippen molar-refractivity contribution in [2.45, 2.75) is 19.9 Å². The molecule has 7 heteroatoms. The highest BCUT2D eigenvalue weighted by Gasteiger charge is 2.12. The Morgan fingerprint density at radius 1 is 1.28 bits per heavy atom. The van der Waals surface area contributed by atoms with E-state index in [9.17, 15) is 0 Å². The third-order valence-corrected chi connectivity index (χ3v) is 2.42. The van der Waals surface area contributed by atoms with Crippen molar-refractivity contribution in [2.24, 2.45) is 0 Å². The molecule has 0 bridgehead atoms. The van der Waals surface area contributed by atoms with Crippen LogP contribution < -0.4 is 10.6 Å². The van der Waals surface area contributed by atoms with Crippen LogP contribution >= 0.6 is 0 Å². The quantitative estimate of drug-likeness (QED) is 0.859. The van der Waals surface area contributed by atoms with Gasteiger partial charge in [0, 0.05) is 33.0 Å². The monoisotopic (exact) mass is 247 g/mol. The zero-order chi connectivity index (χ0) is 13.1. The lowest BCUT2D eigenvalue weighted by Gasteiger charge is -2.11. The molecule has 0 unspecified atom stereocenters. The van der Waals surface area contributed by atoms with Crippen LogP contribution in [0.25, 0.3) is 11.6 Å². The summed E-state index contributed by atoms with van der Waals surface area (Å²) >= 11 is 0. The molecule has 0 aliphatic carbocycles. The lowest BCUT2D eigenvalue weighted by atomic mass is 10.4. The van der Waals surface area contributed by atoms with Gasteiger partial charge in [0.15, 0.2) is 5.82 Å². The predicted octanol–water partition coefficient (Wildman–Crippen LogP) is 0.793. The minimum Gasteiger partial charge on any atom is -0.368 e. The summed E-state index contributed by atoms with van der Waals surface area (Å²) < 4.78 is 2.01. The van der Waals surface area contributed by atoms with Crippen molar-refractivity contribution in [3.8, 4) is 11.6 Å². The smallest absolute Gasteiger partial charge is 0.230 e. The van der Waals surface area contributed by atoms with E-state index in [1.807, 2.05) is 24.9 Å². The fourth-order valence-corrected chi connectivity index (χ4v) is 1.62. The summed E-state index contributed by atoms with van der Waals surface area (Å²) in [5.41, 5.74) is 5.70. The van der Waals surface area contributed by atoms with E-state index in [4.69, 9.17) is 5.73 Å². The van der Waals surface area contributed by atoms with Gasteiger partial charge in [-0.05, 0) is 6.42 Å². The Morgan fingerprint density at radius 2 is 2.06 bits per heavy atom. The molecule has 18 heavy (non-hydrogen) atoms. The maximum atomic E-state index is 5.70. The number of aromatic nitrogens is 5. The molecule has 2 rings (SSSR count). The molecule has 0 aromatic carbocycles. The number of nitrogens with zero attached hydrogens (tertiary/aromatic N) is 6. The summed E-state index contributed by atoms with van der Waals surface area (Å²) in [5, 5.41) is 0. The molecule has 0 saturated heterocycles. The van der Waals surface area contributed by atoms with Crippen molar-refractivity contribution < 1.29 is 0 Å². The van der Waals surface area contributed by atoms with E-state index in [2.05, 4.69) is 26.9 Å². The molecule has 7 nitrogen and oxygen atoms in total.